The van der Waals surface area contributed by atoms with Gasteiger partial charge in [-0.05, 0) is 18.8 Å². The molecule has 178 valence electrons. The Balaban J connectivity index is 2.86. The summed E-state index contributed by atoms with van der Waals surface area (Å²) in [5.74, 6) is -9.17. The van der Waals surface area contributed by atoms with Crippen molar-refractivity contribution < 1.29 is 71.6 Å². The van der Waals surface area contributed by atoms with Crippen LogP contribution < -0.4 is 24.7 Å². The molecule has 1 fully saturated rings. The molecule has 17 heteroatoms. The largest absolute Gasteiger partial charge is 0.573 e. The fraction of sp³-hybridized carbons (Fsp3) is 0.571. The maximum Gasteiger partial charge on any atom is 0.573 e. The van der Waals surface area contributed by atoms with Crippen molar-refractivity contribution in [2.45, 2.75) is 44.3 Å². The van der Waals surface area contributed by atoms with Gasteiger partial charge in [-0.3, -0.25) is 0 Å². The zero-order valence-corrected chi connectivity index (χ0v) is 14.4. The first-order valence-corrected chi connectivity index (χ1v) is 7.75. The fourth-order valence-electron chi connectivity index (χ4n) is 2.46. The number of alkyl halides is 12. The summed E-state index contributed by atoms with van der Waals surface area (Å²) in [4.78, 5) is 0. The highest BCUT2D eigenvalue weighted by atomic mass is 19.4. The van der Waals surface area contributed by atoms with Crippen LogP contribution in [0.4, 0.5) is 52.7 Å². The first kappa shape index (κ1) is 24.8. The third-order valence-corrected chi connectivity index (χ3v) is 3.55. The second-order valence-corrected chi connectivity index (χ2v) is 6.00. The van der Waals surface area contributed by atoms with Gasteiger partial charge in [-0.2, -0.15) is 0 Å². The first-order chi connectivity index (χ1) is 13.8. The minimum atomic E-state index is -5.80. The van der Waals surface area contributed by atoms with Gasteiger partial charge in [0.1, 0.15) is 0 Å². The standard InChI is InChI=1S/C14H9F12NO4/c15-11(16,17)28-5-3-6(29-12(18,19)20)10(31-14(24,25)26)7(8(27)4-1-2-4)9(5)30-13(21,22)23/h3-4,8H,1-2,27H2. The lowest BCUT2D eigenvalue weighted by atomic mass is 9.99. The fourth-order valence-corrected chi connectivity index (χ4v) is 2.46. The quantitative estimate of drug-likeness (QED) is 0.527. The summed E-state index contributed by atoms with van der Waals surface area (Å²) in [6.45, 7) is 0. The summed E-state index contributed by atoms with van der Waals surface area (Å²) in [6, 6.07) is -2.49. The molecule has 0 bridgehead atoms. The monoisotopic (exact) mass is 483 g/mol. The maximum absolute atomic E-state index is 12.8. The molecular weight excluding hydrogens is 474 g/mol. The molecule has 1 aromatic carbocycles. The molecule has 1 aliphatic rings. The molecule has 0 amide bonds. The molecule has 1 aliphatic carbocycles. The molecule has 0 spiro atoms. The highest BCUT2D eigenvalue weighted by Gasteiger charge is 2.46. The molecule has 0 aromatic heterocycles. The predicted molar refractivity (Wildman–Crippen MR) is 72.8 cm³/mol. The van der Waals surface area contributed by atoms with E-state index in [-0.39, 0.29) is 12.8 Å². The van der Waals surface area contributed by atoms with Crippen molar-refractivity contribution in [1.29, 1.82) is 0 Å². The predicted octanol–water partition coefficient (Wildman–Crippen LogP) is 5.69. The van der Waals surface area contributed by atoms with Crippen molar-refractivity contribution in [3.8, 4) is 23.0 Å². The van der Waals surface area contributed by atoms with Gasteiger partial charge in [0.15, 0.2) is 23.0 Å². The van der Waals surface area contributed by atoms with Gasteiger partial charge in [0.2, 0.25) is 0 Å². The van der Waals surface area contributed by atoms with E-state index in [0.717, 1.165) is 0 Å². The summed E-state index contributed by atoms with van der Waals surface area (Å²) >= 11 is 0. The average Bonchev–Trinajstić information content (AvgIpc) is 3.30. The van der Waals surface area contributed by atoms with E-state index in [9.17, 15) is 52.7 Å². The minimum absolute atomic E-state index is 0.0951. The number of nitrogens with two attached hydrogens (primary N) is 1. The van der Waals surface area contributed by atoms with Crippen molar-refractivity contribution >= 4 is 0 Å². The van der Waals surface area contributed by atoms with Gasteiger partial charge in [0, 0.05) is 12.1 Å². The molecule has 0 saturated heterocycles. The number of halogens is 12. The van der Waals surface area contributed by atoms with E-state index in [2.05, 4.69) is 18.9 Å². The lowest BCUT2D eigenvalue weighted by Crippen LogP contribution is -2.27. The van der Waals surface area contributed by atoms with Crippen LogP contribution in [0.3, 0.4) is 0 Å². The Labute approximate surface area is 163 Å². The van der Waals surface area contributed by atoms with E-state index in [1.54, 1.807) is 0 Å². The van der Waals surface area contributed by atoms with E-state index in [1.807, 2.05) is 0 Å². The van der Waals surface area contributed by atoms with Gasteiger partial charge in [-0.15, -0.1) is 52.7 Å². The molecule has 2 N–H and O–H groups in total. The lowest BCUT2D eigenvalue weighted by molar-refractivity contribution is -0.291. The van der Waals surface area contributed by atoms with Crippen LogP contribution in [-0.2, 0) is 0 Å². The van der Waals surface area contributed by atoms with Gasteiger partial charge in [0.05, 0.1) is 5.56 Å². The Hall–Kier alpha value is -2.46. The SMILES string of the molecule is NC(c1c(OC(F)(F)F)c(OC(F)(F)F)cc(OC(F)(F)F)c1OC(F)(F)F)C1CC1. The minimum Gasteiger partial charge on any atom is -0.402 e. The molecule has 0 aliphatic heterocycles. The van der Waals surface area contributed by atoms with Crippen LogP contribution in [0.2, 0.25) is 0 Å². The Morgan fingerprint density at radius 1 is 0.645 bits per heavy atom. The van der Waals surface area contributed by atoms with E-state index < -0.39 is 72.0 Å². The second-order valence-electron chi connectivity index (χ2n) is 6.00. The van der Waals surface area contributed by atoms with Crippen molar-refractivity contribution in [2.24, 2.45) is 11.7 Å². The number of hydrogen-bond acceptors (Lipinski definition) is 5. The van der Waals surface area contributed by atoms with Crippen LogP contribution in [0.5, 0.6) is 23.0 Å². The highest BCUT2D eigenvalue weighted by Crippen LogP contribution is 2.55. The third kappa shape index (κ3) is 7.62. The van der Waals surface area contributed by atoms with E-state index in [4.69, 9.17) is 5.73 Å². The Bertz CT molecular complexity index is 741. The number of benzene rings is 1. The molecule has 1 unspecified atom stereocenters. The third-order valence-electron chi connectivity index (χ3n) is 3.55. The summed E-state index contributed by atoms with van der Waals surface area (Å²) in [6.07, 6.45) is -23.0. The Morgan fingerprint density at radius 2 is 0.968 bits per heavy atom. The zero-order chi connectivity index (χ0) is 24.0. The van der Waals surface area contributed by atoms with Crippen molar-refractivity contribution in [2.75, 3.05) is 0 Å². The van der Waals surface area contributed by atoms with Crippen molar-refractivity contribution in [3.63, 3.8) is 0 Å². The summed E-state index contributed by atoms with van der Waals surface area (Å²) in [7, 11) is 0. The topological polar surface area (TPSA) is 62.9 Å². The van der Waals surface area contributed by atoms with Crippen molar-refractivity contribution in [3.05, 3.63) is 11.6 Å². The Morgan fingerprint density at radius 3 is 1.23 bits per heavy atom. The number of rotatable bonds is 6. The van der Waals surface area contributed by atoms with Crippen LogP contribution in [0.15, 0.2) is 6.07 Å². The van der Waals surface area contributed by atoms with Crippen LogP contribution in [0.25, 0.3) is 0 Å². The van der Waals surface area contributed by atoms with Gasteiger partial charge in [0.25, 0.3) is 0 Å². The maximum atomic E-state index is 12.8. The zero-order valence-electron chi connectivity index (χ0n) is 14.4. The molecule has 0 heterocycles. The molecule has 1 saturated carbocycles. The smallest absolute Gasteiger partial charge is 0.402 e. The number of ether oxygens (including phenoxy) is 4. The Kier molecular flexibility index (Phi) is 6.32. The van der Waals surface area contributed by atoms with Crippen LogP contribution in [0, 0.1) is 5.92 Å². The van der Waals surface area contributed by atoms with E-state index >= 15 is 0 Å². The molecule has 1 aromatic rings. The molecular formula is C14H9F12NO4. The van der Waals surface area contributed by atoms with Gasteiger partial charge in [-0.1, -0.05) is 0 Å². The second kappa shape index (κ2) is 7.90. The van der Waals surface area contributed by atoms with Crippen LogP contribution in [0.1, 0.15) is 24.4 Å². The summed E-state index contributed by atoms with van der Waals surface area (Å²) < 4.78 is 166. The summed E-state index contributed by atoms with van der Waals surface area (Å²) in [5.41, 5.74) is 3.94. The van der Waals surface area contributed by atoms with E-state index in [0.29, 0.717) is 0 Å². The molecule has 0 radical (unpaired) electrons. The first-order valence-electron chi connectivity index (χ1n) is 7.75. The molecule has 2 rings (SSSR count). The molecule has 31 heavy (non-hydrogen) atoms. The van der Waals surface area contributed by atoms with Crippen LogP contribution >= 0.6 is 0 Å². The molecule has 1 atom stereocenters. The van der Waals surface area contributed by atoms with Gasteiger partial charge >= 0.3 is 25.4 Å². The highest BCUT2D eigenvalue weighted by molar-refractivity contribution is 5.63. The van der Waals surface area contributed by atoms with Crippen molar-refractivity contribution in [1.82, 2.24) is 0 Å². The average molecular weight is 483 g/mol. The summed E-state index contributed by atoms with van der Waals surface area (Å²) in [5, 5.41) is 0. The van der Waals surface area contributed by atoms with Gasteiger partial charge < -0.3 is 24.7 Å². The van der Waals surface area contributed by atoms with Crippen LogP contribution in [-0.4, -0.2) is 25.4 Å². The normalized spacial score (nSPS) is 16.7. The lowest BCUT2D eigenvalue weighted by Gasteiger charge is -2.26. The molecule has 5 nitrogen and oxygen atoms in total. The van der Waals surface area contributed by atoms with Gasteiger partial charge in [-0.25, -0.2) is 0 Å². The van der Waals surface area contributed by atoms with E-state index in [1.165, 1.54) is 0 Å². The number of hydrogen-bond donors (Lipinski definition) is 1.